The molecule has 0 amide bonds. The zero-order chi connectivity index (χ0) is 13.2. The van der Waals surface area contributed by atoms with Crippen LogP contribution in [-0.4, -0.2) is 11.1 Å². The summed E-state index contributed by atoms with van der Waals surface area (Å²) >= 11 is 0. The molecule has 1 aromatic rings. The molecule has 0 saturated heterocycles. The van der Waals surface area contributed by atoms with E-state index in [0.29, 0.717) is 11.5 Å². The van der Waals surface area contributed by atoms with Gasteiger partial charge in [0.2, 0.25) is 5.54 Å². The SMILES string of the molecule is CC(C)Cc1ccc(C2(C(=O)O)C=CN=N2)cc1. The maximum Gasteiger partial charge on any atom is 0.342 e. The number of carboxylic acids is 1. The number of benzene rings is 1. The van der Waals surface area contributed by atoms with Crippen LogP contribution in [0, 0.1) is 5.92 Å². The van der Waals surface area contributed by atoms with Crippen molar-refractivity contribution in [2.45, 2.75) is 25.8 Å². The van der Waals surface area contributed by atoms with E-state index in [-0.39, 0.29) is 0 Å². The van der Waals surface area contributed by atoms with E-state index >= 15 is 0 Å². The van der Waals surface area contributed by atoms with Crippen molar-refractivity contribution in [2.24, 2.45) is 16.1 Å². The smallest absolute Gasteiger partial charge is 0.342 e. The maximum atomic E-state index is 11.4. The fourth-order valence-electron chi connectivity index (χ4n) is 2.06. The Kier molecular flexibility index (Phi) is 3.28. The summed E-state index contributed by atoms with van der Waals surface area (Å²) in [6.45, 7) is 4.31. The largest absolute Gasteiger partial charge is 0.479 e. The molecule has 18 heavy (non-hydrogen) atoms. The summed E-state index contributed by atoms with van der Waals surface area (Å²) in [5.41, 5.74) is 0.504. The van der Waals surface area contributed by atoms with Crippen LogP contribution in [0.2, 0.25) is 0 Å². The number of rotatable bonds is 4. The van der Waals surface area contributed by atoms with Gasteiger partial charge in [0.25, 0.3) is 0 Å². The van der Waals surface area contributed by atoms with Crippen LogP contribution < -0.4 is 0 Å². The van der Waals surface area contributed by atoms with Crippen molar-refractivity contribution in [3.63, 3.8) is 0 Å². The first-order valence-electron chi connectivity index (χ1n) is 5.97. The lowest BCUT2D eigenvalue weighted by Gasteiger charge is -2.18. The van der Waals surface area contributed by atoms with E-state index < -0.39 is 11.5 Å². The molecule has 1 aliphatic heterocycles. The quantitative estimate of drug-likeness (QED) is 0.884. The third-order valence-electron chi connectivity index (χ3n) is 2.96. The molecule has 0 aromatic heterocycles. The average molecular weight is 244 g/mol. The van der Waals surface area contributed by atoms with Crippen molar-refractivity contribution in [3.8, 4) is 0 Å². The van der Waals surface area contributed by atoms with Gasteiger partial charge in [-0.05, 0) is 29.5 Å². The van der Waals surface area contributed by atoms with Crippen LogP contribution in [0.25, 0.3) is 0 Å². The molecule has 0 saturated carbocycles. The molecule has 0 bridgehead atoms. The third kappa shape index (κ3) is 2.18. The van der Waals surface area contributed by atoms with Gasteiger partial charge in [-0.1, -0.05) is 38.1 Å². The van der Waals surface area contributed by atoms with Gasteiger partial charge in [0, 0.05) is 6.20 Å². The molecular formula is C14H16N2O2. The molecule has 0 aliphatic carbocycles. The predicted molar refractivity (Wildman–Crippen MR) is 68.3 cm³/mol. The normalized spacial score (nSPS) is 21.7. The Balaban J connectivity index is 2.31. The van der Waals surface area contributed by atoms with Gasteiger partial charge in [-0.2, -0.15) is 10.2 Å². The number of nitrogens with zero attached hydrogens (tertiary/aromatic N) is 2. The third-order valence-corrected chi connectivity index (χ3v) is 2.96. The molecule has 1 N–H and O–H groups in total. The molecule has 1 unspecified atom stereocenters. The van der Waals surface area contributed by atoms with E-state index in [1.165, 1.54) is 17.8 Å². The number of hydrogen-bond acceptors (Lipinski definition) is 3. The molecule has 0 spiro atoms. The Labute approximate surface area is 106 Å². The van der Waals surface area contributed by atoms with Crippen molar-refractivity contribution < 1.29 is 9.90 Å². The topological polar surface area (TPSA) is 62.0 Å². The maximum absolute atomic E-state index is 11.4. The van der Waals surface area contributed by atoms with Crippen molar-refractivity contribution in [3.05, 3.63) is 47.7 Å². The fraction of sp³-hybridized carbons (Fsp3) is 0.357. The number of carboxylic acid groups (broad SMARTS) is 1. The average Bonchev–Trinajstić information content (AvgIpc) is 2.79. The Morgan fingerprint density at radius 3 is 2.44 bits per heavy atom. The second-order valence-corrected chi connectivity index (χ2v) is 4.90. The minimum Gasteiger partial charge on any atom is -0.479 e. The van der Waals surface area contributed by atoms with E-state index in [9.17, 15) is 9.90 Å². The van der Waals surface area contributed by atoms with Gasteiger partial charge in [-0.25, -0.2) is 4.79 Å². The summed E-state index contributed by atoms with van der Waals surface area (Å²) in [5, 5.41) is 16.8. The second kappa shape index (κ2) is 4.72. The summed E-state index contributed by atoms with van der Waals surface area (Å²) < 4.78 is 0. The Bertz CT molecular complexity index is 489. The molecule has 1 heterocycles. The first kappa shape index (κ1) is 12.5. The van der Waals surface area contributed by atoms with Crippen molar-refractivity contribution >= 4 is 5.97 Å². The number of azo groups is 1. The monoisotopic (exact) mass is 244 g/mol. The van der Waals surface area contributed by atoms with Gasteiger partial charge in [0.15, 0.2) is 0 Å². The summed E-state index contributed by atoms with van der Waals surface area (Å²) in [4.78, 5) is 11.4. The zero-order valence-electron chi connectivity index (χ0n) is 10.5. The Hall–Kier alpha value is -1.97. The number of carbonyl (C=O) groups is 1. The minimum atomic E-state index is -1.34. The molecule has 0 radical (unpaired) electrons. The van der Waals surface area contributed by atoms with Crippen LogP contribution in [0.1, 0.15) is 25.0 Å². The minimum absolute atomic E-state index is 0.579. The van der Waals surface area contributed by atoms with E-state index in [1.54, 1.807) is 0 Å². The highest BCUT2D eigenvalue weighted by Crippen LogP contribution is 2.32. The second-order valence-electron chi connectivity index (χ2n) is 4.90. The molecule has 1 aliphatic rings. The highest BCUT2D eigenvalue weighted by molar-refractivity contribution is 5.84. The molecular weight excluding hydrogens is 228 g/mol. The van der Waals surface area contributed by atoms with E-state index in [1.807, 2.05) is 24.3 Å². The molecule has 1 atom stereocenters. The molecule has 0 fully saturated rings. The lowest BCUT2D eigenvalue weighted by Crippen LogP contribution is -2.29. The first-order valence-corrected chi connectivity index (χ1v) is 5.97. The van der Waals surface area contributed by atoms with Gasteiger partial charge in [-0.3, -0.25) is 0 Å². The molecule has 4 nitrogen and oxygen atoms in total. The van der Waals surface area contributed by atoms with Gasteiger partial charge in [0.1, 0.15) is 0 Å². The van der Waals surface area contributed by atoms with Crippen LogP contribution in [-0.2, 0) is 16.8 Å². The standard InChI is InChI=1S/C14H16N2O2/c1-10(2)9-11-3-5-12(6-4-11)14(13(17)18)7-8-15-16-14/h3-8,10H,9H2,1-2H3,(H,17,18). The number of aliphatic carboxylic acids is 1. The van der Waals surface area contributed by atoms with E-state index in [2.05, 4.69) is 24.1 Å². The molecule has 2 rings (SSSR count). The van der Waals surface area contributed by atoms with Crippen LogP contribution >= 0.6 is 0 Å². The fourth-order valence-corrected chi connectivity index (χ4v) is 2.06. The molecule has 1 aromatic carbocycles. The summed E-state index contributed by atoms with van der Waals surface area (Å²) in [7, 11) is 0. The molecule has 4 heteroatoms. The summed E-state index contributed by atoms with van der Waals surface area (Å²) in [6, 6.07) is 7.56. The highest BCUT2D eigenvalue weighted by Gasteiger charge is 2.40. The van der Waals surface area contributed by atoms with Crippen LogP contribution in [0.15, 0.2) is 46.8 Å². The number of hydrogen-bond donors (Lipinski definition) is 1. The predicted octanol–water partition coefficient (Wildman–Crippen LogP) is 3.14. The van der Waals surface area contributed by atoms with Crippen molar-refractivity contribution in [1.29, 1.82) is 0 Å². The van der Waals surface area contributed by atoms with Crippen LogP contribution in [0.5, 0.6) is 0 Å². The van der Waals surface area contributed by atoms with Crippen molar-refractivity contribution in [1.82, 2.24) is 0 Å². The van der Waals surface area contributed by atoms with Gasteiger partial charge < -0.3 is 5.11 Å². The lowest BCUT2D eigenvalue weighted by molar-refractivity contribution is -0.141. The van der Waals surface area contributed by atoms with Crippen LogP contribution in [0.3, 0.4) is 0 Å². The Morgan fingerprint density at radius 2 is 2.00 bits per heavy atom. The van der Waals surface area contributed by atoms with Gasteiger partial charge in [-0.15, -0.1) is 0 Å². The van der Waals surface area contributed by atoms with Crippen LogP contribution in [0.4, 0.5) is 0 Å². The molecule has 94 valence electrons. The lowest BCUT2D eigenvalue weighted by atomic mass is 9.90. The van der Waals surface area contributed by atoms with Gasteiger partial charge in [0.05, 0.1) is 0 Å². The summed E-state index contributed by atoms with van der Waals surface area (Å²) in [6.07, 6.45) is 3.92. The van der Waals surface area contributed by atoms with E-state index in [0.717, 1.165) is 6.42 Å². The zero-order valence-corrected chi connectivity index (χ0v) is 10.5. The Morgan fingerprint density at radius 1 is 1.33 bits per heavy atom. The van der Waals surface area contributed by atoms with E-state index in [4.69, 9.17) is 0 Å². The highest BCUT2D eigenvalue weighted by atomic mass is 16.4. The van der Waals surface area contributed by atoms with Gasteiger partial charge >= 0.3 is 5.97 Å². The first-order chi connectivity index (χ1) is 8.54. The van der Waals surface area contributed by atoms with Crippen molar-refractivity contribution in [2.75, 3.05) is 0 Å². The summed E-state index contributed by atoms with van der Waals surface area (Å²) in [5.74, 6) is -0.424.